The first-order valence-corrected chi connectivity index (χ1v) is 8.62. The molecule has 21 heavy (non-hydrogen) atoms. The molecule has 0 aliphatic carbocycles. The van der Waals surface area contributed by atoms with Crippen LogP contribution in [-0.4, -0.2) is 28.6 Å². The van der Waals surface area contributed by atoms with Gasteiger partial charge in [-0.1, -0.05) is 13.8 Å². The second-order valence-electron chi connectivity index (χ2n) is 5.34. The molecule has 0 fully saturated rings. The van der Waals surface area contributed by atoms with E-state index in [0.717, 1.165) is 23.5 Å². The lowest BCUT2D eigenvalue weighted by Crippen LogP contribution is -2.12. The van der Waals surface area contributed by atoms with E-state index in [1.165, 1.54) is 0 Å². The van der Waals surface area contributed by atoms with Crippen molar-refractivity contribution in [3.63, 3.8) is 0 Å². The Hall–Kier alpha value is -0.400. The number of benzene rings is 1. The second kappa shape index (κ2) is 7.74. The number of imidazole rings is 1. The van der Waals surface area contributed by atoms with Crippen molar-refractivity contribution in [1.29, 1.82) is 0 Å². The molecule has 2 aromatic rings. The molecule has 3 nitrogen and oxygen atoms in total. The lowest BCUT2D eigenvalue weighted by molar-refractivity contribution is 0.103. The number of halogens is 3. The molecule has 0 aliphatic heterocycles. The molecular weight excluding hydrogens is 406 g/mol. The van der Waals surface area contributed by atoms with Crippen molar-refractivity contribution in [2.24, 2.45) is 5.92 Å². The molecular formula is C15H19ClFIN2O. The van der Waals surface area contributed by atoms with Crippen LogP contribution in [0.25, 0.3) is 11.0 Å². The van der Waals surface area contributed by atoms with Crippen molar-refractivity contribution in [1.82, 2.24) is 9.55 Å². The predicted octanol–water partition coefficient (Wildman–Crippen LogP) is 4.23. The molecule has 1 heterocycles. The minimum atomic E-state index is -0.218. The third-order valence-electron chi connectivity index (χ3n) is 3.10. The summed E-state index contributed by atoms with van der Waals surface area (Å²) in [5.74, 6) is 1.67. The topological polar surface area (TPSA) is 27.1 Å². The van der Waals surface area contributed by atoms with Crippen LogP contribution in [-0.2, 0) is 17.7 Å². The lowest BCUT2D eigenvalue weighted by atomic mass is 10.2. The SMILES string of the molecule is CC(C)COCCn1c(CCCl)nc2cc(I)c(F)cc21. The third-order valence-corrected chi connectivity index (χ3v) is 4.11. The van der Waals surface area contributed by atoms with Crippen molar-refractivity contribution >= 4 is 45.2 Å². The van der Waals surface area contributed by atoms with E-state index in [2.05, 4.69) is 18.8 Å². The summed E-state index contributed by atoms with van der Waals surface area (Å²) in [6.45, 7) is 6.21. The average Bonchev–Trinajstić information content (AvgIpc) is 2.73. The predicted molar refractivity (Wildman–Crippen MR) is 92.5 cm³/mol. The summed E-state index contributed by atoms with van der Waals surface area (Å²) >= 11 is 7.82. The first kappa shape index (κ1) is 17.0. The van der Waals surface area contributed by atoms with Gasteiger partial charge in [-0.05, 0) is 34.6 Å². The number of rotatable bonds is 7. The molecule has 0 saturated heterocycles. The van der Waals surface area contributed by atoms with E-state index in [-0.39, 0.29) is 5.82 Å². The number of alkyl halides is 1. The molecule has 0 amide bonds. The number of fused-ring (bicyclic) bond motifs is 1. The number of aromatic nitrogens is 2. The van der Waals surface area contributed by atoms with E-state index in [1.807, 2.05) is 27.2 Å². The normalized spacial score (nSPS) is 11.7. The summed E-state index contributed by atoms with van der Waals surface area (Å²) in [5.41, 5.74) is 1.62. The van der Waals surface area contributed by atoms with Gasteiger partial charge in [0.15, 0.2) is 0 Å². The molecule has 0 spiro atoms. The Bertz CT molecular complexity index is 615. The molecule has 1 aromatic carbocycles. The molecule has 1 aromatic heterocycles. The molecule has 0 N–H and O–H groups in total. The monoisotopic (exact) mass is 424 g/mol. The van der Waals surface area contributed by atoms with Crippen molar-refractivity contribution in [3.05, 3.63) is 27.3 Å². The van der Waals surface area contributed by atoms with Gasteiger partial charge < -0.3 is 9.30 Å². The number of nitrogens with zero attached hydrogens (tertiary/aromatic N) is 2. The van der Waals surface area contributed by atoms with Gasteiger partial charge in [-0.25, -0.2) is 9.37 Å². The zero-order valence-corrected chi connectivity index (χ0v) is 15.1. The summed E-state index contributed by atoms with van der Waals surface area (Å²) in [7, 11) is 0. The van der Waals surface area contributed by atoms with Crippen molar-refractivity contribution in [2.75, 3.05) is 19.1 Å². The summed E-state index contributed by atoms with van der Waals surface area (Å²) in [6.07, 6.45) is 0.665. The number of hydrogen-bond acceptors (Lipinski definition) is 2. The van der Waals surface area contributed by atoms with Crippen molar-refractivity contribution in [3.8, 4) is 0 Å². The second-order valence-corrected chi connectivity index (χ2v) is 6.88. The maximum Gasteiger partial charge on any atom is 0.138 e. The molecule has 116 valence electrons. The van der Waals surface area contributed by atoms with Gasteiger partial charge in [0.1, 0.15) is 11.6 Å². The minimum Gasteiger partial charge on any atom is -0.379 e. The first-order valence-electron chi connectivity index (χ1n) is 7.00. The van der Waals surface area contributed by atoms with Gasteiger partial charge in [0.05, 0.1) is 21.2 Å². The Balaban J connectivity index is 2.25. The Morgan fingerprint density at radius 3 is 2.86 bits per heavy atom. The van der Waals surface area contributed by atoms with E-state index >= 15 is 0 Å². The molecule has 0 atom stereocenters. The number of hydrogen-bond donors (Lipinski definition) is 0. The maximum absolute atomic E-state index is 13.8. The molecule has 2 rings (SSSR count). The van der Waals surface area contributed by atoms with Crippen LogP contribution in [0, 0.1) is 15.3 Å². The van der Waals surface area contributed by atoms with Crippen LogP contribution >= 0.6 is 34.2 Å². The van der Waals surface area contributed by atoms with Gasteiger partial charge in [-0.2, -0.15) is 0 Å². The highest BCUT2D eigenvalue weighted by atomic mass is 127. The van der Waals surface area contributed by atoms with Gasteiger partial charge in [-0.3, -0.25) is 0 Å². The van der Waals surface area contributed by atoms with Crippen molar-refractivity contribution in [2.45, 2.75) is 26.8 Å². The van der Waals surface area contributed by atoms with Crippen LogP contribution in [0.4, 0.5) is 4.39 Å². The summed E-state index contributed by atoms with van der Waals surface area (Å²) in [4.78, 5) is 4.57. The molecule has 0 aliphatic rings. The Labute approximate surface area is 143 Å². The lowest BCUT2D eigenvalue weighted by Gasteiger charge is -2.10. The van der Waals surface area contributed by atoms with Gasteiger partial charge in [0.2, 0.25) is 0 Å². The molecule has 0 bridgehead atoms. The zero-order valence-electron chi connectivity index (χ0n) is 12.2. The van der Waals surface area contributed by atoms with Crippen LogP contribution in [0.5, 0.6) is 0 Å². The van der Waals surface area contributed by atoms with Crippen LogP contribution < -0.4 is 0 Å². The van der Waals surface area contributed by atoms with Crippen LogP contribution in [0.3, 0.4) is 0 Å². The van der Waals surface area contributed by atoms with Gasteiger partial charge in [0, 0.05) is 31.5 Å². The Morgan fingerprint density at radius 2 is 2.19 bits per heavy atom. The number of aryl methyl sites for hydroxylation is 1. The smallest absolute Gasteiger partial charge is 0.138 e. The van der Waals surface area contributed by atoms with Crippen molar-refractivity contribution < 1.29 is 9.13 Å². The summed E-state index contributed by atoms with van der Waals surface area (Å²) in [5, 5.41) is 0. The quantitative estimate of drug-likeness (QED) is 0.378. The molecule has 0 radical (unpaired) electrons. The van der Waals surface area contributed by atoms with Gasteiger partial charge in [0.25, 0.3) is 0 Å². The van der Waals surface area contributed by atoms with E-state index in [9.17, 15) is 4.39 Å². The first-order chi connectivity index (χ1) is 10.0. The number of ether oxygens (including phenoxy) is 1. The third kappa shape index (κ3) is 4.29. The fourth-order valence-electron chi connectivity index (χ4n) is 2.17. The summed E-state index contributed by atoms with van der Waals surface area (Å²) < 4.78 is 22.0. The largest absolute Gasteiger partial charge is 0.379 e. The Morgan fingerprint density at radius 1 is 1.43 bits per heavy atom. The molecule has 0 saturated carbocycles. The minimum absolute atomic E-state index is 0.218. The summed E-state index contributed by atoms with van der Waals surface area (Å²) in [6, 6.07) is 3.32. The average molecular weight is 425 g/mol. The Kier molecular flexibility index (Phi) is 6.25. The van der Waals surface area contributed by atoms with Crippen LogP contribution in [0.1, 0.15) is 19.7 Å². The van der Waals surface area contributed by atoms with Gasteiger partial charge >= 0.3 is 0 Å². The van der Waals surface area contributed by atoms with E-state index in [4.69, 9.17) is 16.3 Å². The van der Waals surface area contributed by atoms with E-state index in [1.54, 1.807) is 12.1 Å². The fourth-order valence-corrected chi connectivity index (χ4v) is 2.79. The maximum atomic E-state index is 13.8. The highest BCUT2D eigenvalue weighted by Crippen LogP contribution is 2.22. The zero-order chi connectivity index (χ0) is 15.4. The highest BCUT2D eigenvalue weighted by Gasteiger charge is 2.13. The van der Waals surface area contributed by atoms with Crippen LogP contribution in [0.2, 0.25) is 0 Å². The fraction of sp³-hybridized carbons (Fsp3) is 0.533. The van der Waals surface area contributed by atoms with E-state index < -0.39 is 0 Å². The standard InChI is InChI=1S/C15H19ClFIN2O/c1-10(2)9-21-6-5-20-14-7-11(17)12(18)8-13(14)19-15(20)3-4-16/h7-8,10H,3-6,9H2,1-2H3. The van der Waals surface area contributed by atoms with Crippen LogP contribution in [0.15, 0.2) is 12.1 Å². The van der Waals surface area contributed by atoms with Gasteiger partial charge in [-0.15, -0.1) is 11.6 Å². The van der Waals surface area contributed by atoms with E-state index in [0.29, 0.717) is 34.9 Å². The highest BCUT2D eigenvalue weighted by molar-refractivity contribution is 14.1. The molecule has 0 unspecified atom stereocenters. The molecule has 6 heteroatoms.